The molecule has 0 saturated carbocycles. The summed E-state index contributed by atoms with van der Waals surface area (Å²) in [5.74, 6) is -0.0847. The molecule has 0 radical (unpaired) electrons. The number of pyridine rings is 1. The van der Waals surface area contributed by atoms with Crippen LogP contribution < -0.4 is 5.32 Å². The van der Waals surface area contributed by atoms with Crippen LogP contribution in [0.4, 0.5) is 0 Å². The van der Waals surface area contributed by atoms with Gasteiger partial charge in [-0.15, -0.1) is 0 Å². The average molecular weight is 323 g/mol. The first kappa shape index (κ1) is 16.2. The Hall–Kier alpha value is -2.69. The normalized spacial score (nSPS) is 16.7. The van der Waals surface area contributed by atoms with E-state index in [0.717, 1.165) is 16.7 Å². The molecule has 1 aromatic heterocycles. The number of nitrogens with one attached hydrogen (secondary N) is 1. The molecule has 0 spiro atoms. The standard InChI is InChI=1S/C19H21N3O2/c1-14-5-2-3-7-16(14)13-22(12-15-6-4-10-20-11-15)19(24)17-8-9-18(23)21-17/h2-7,10-11,17H,8-9,12-13H2,1H3,(H,21,23)/t17-/m1/s1. The maximum absolute atomic E-state index is 12.9. The maximum Gasteiger partial charge on any atom is 0.245 e. The number of benzene rings is 1. The number of rotatable bonds is 5. The Kier molecular flexibility index (Phi) is 4.89. The average Bonchev–Trinajstić information content (AvgIpc) is 3.03. The zero-order valence-electron chi connectivity index (χ0n) is 13.7. The number of carbonyl (C=O) groups excluding carboxylic acids is 2. The number of hydrogen-bond donors (Lipinski definition) is 1. The third kappa shape index (κ3) is 3.79. The monoisotopic (exact) mass is 323 g/mol. The van der Waals surface area contributed by atoms with E-state index in [2.05, 4.69) is 10.3 Å². The molecule has 3 rings (SSSR count). The number of aryl methyl sites for hydroxylation is 1. The Labute approximate surface area is 141 Å². The highest BCUT2D eigenvalue weighted by Gasteiger charge is 2.31. The van der Waals surface area contributed by atoms with E-state index in [1.807, 2.05) is 43.3 Å². The van der Waals surface area contributed by atoms with Crippen LogP contribution in [0.25, 0.3) is 0 Å². The van der Waals surface area contributed by atoms with E-state index < -0.39 is 6.04 Å². The molecule has 0 unspecified atom stereocenters. The van der Waals surface area contributed by atoms with Gasteiger partial charge in [0.05, 0.1) is 0 Å². The Balaban J connectivity index is 1.81. The Morgan fingerprint density at radius 3 is 2.75 bits per heavy atom. The lowest BCUT2D eigenvalue weighted by Gasteiger charge is -2.26. The fourth-order valence-electron chi connectivity index (χ4n) is 2.94. The summed E-state index contributed by atoms with van der Waals surface area (Å²) in [6.45, 7) is 3.04. The molecular formula is C19H21N3O2. The van der Waals surface area contributed by atoms with E-state index in [9.17, 15) is 9.59 Å². The maximum atomic E-state index is 12.9. The SMILES string of the molecule is Cc1ccccc1CN(Cc1cccnc1)C(=O)[C@H]1CCC(=O)N1. The van der Waals surface area contributed by atoms with E-state index in [1.54, 1.807) is 17.3 Å². The molecule has 1 fully saturated rings. The third-order valence-corrected chi connectivity index (χ3v) is 4.32. The van der Waals surface area contributed by atoms with Crippen LogP contribution in [0.1, 0.15) is 29.5 Å². The van der Waals surface area contributed by atoms with Crippen LogP contribution in [0.3, 0.4) is 0 Å². The summed E-state index contributed by atoms with van der Waals surface area (Å²) in [4.78, 5) is 30.3. The Morgan fingerprint density at radius 1 is 1.25 bits per heavy atom. The molecule has 1 aliphatic heterocycles. The lowest BCUT2D eigenvalue weighted by molar-refractivity contribution is -0.135. The van der Waals surface area contributed by atoms with Gasteiger partial charge in [-0.3, -0.25) is 14.6 Å². The van der Waals surface area contributed by atoms with Crippen LogP contribution in [0.2, 0.25) is 0 Å². The van der Waals surface area contributed by atoms with Crippen molar-refractivity contribution in [3.8, 4) is 0 Å². The largest absolute Gasteiger partial charge is 0.344 e. The minimum Gasteiger partial charge on any atom is -0.344 e. The quantitative estimate of drug-likeness (QED) is 0.917. The van der Waals surface area contributed by atoms with Gasteiger partial charge in [0.25, 0.3) is 0 Å². The molecule has 5 heteroatoms. The van der Waals surface area contributed by atoms with Crippen molar-refractivity contribution in [1.82, 2.24) is 15.2 Å². The summed E-state index contributed by atoms with van der Waals surface area (Å²) < 4.78 is 0. The second kappa shape index (κ2) is 7.25. The van der Waals surface area contributed by atoms with Crippen molar-refractivity contribution < 1.29 is 9.59 Å². The molecule has 1 N–H and O–H groups in total. The number of carbonyl (C=O) groups is 2. The molecule has 1 atom stereocenters. The highest BCUT2D eigenvalue weighted by Crippen LogP contribution is 2.17. The lowest BCUT2D eigenvalue weighted by Crippen LogP contribution is -2.43. The molecule has 1 aliphatic rings. The summed E-state index contributed by atoms with van der Waals surface area (Å²) >= 11 is 0. The van der Waals surface area contributed by atoms with Gasteiger partial charge in [0.15, 0.2) is 0 Å². The number of aromatic nitrogens is 1. The van der Waals surface area contributed by atoms with Gasteiger partial charge in [-0.2, -0.15) is 0 Å². The lowest BCUT2D eigenvalue weighted by atomic mass is 10.1. The molecule has 5 nitrogen and oxygen atoms in total. The van der Waals surface area contributed by atoms with E-state index in [1.165, 1.54) is 0 Å². The van der Waals surface area contributed by atoms with Crippen LogP contribution in [0.15, 0.2) is 48.8 Å². The highest BCUT2D eigenvalue weighted by atomic mass is 16.2. The van der Waals surface area contributed by atoms with Gasteiger partial charge in [0.2, 0.25) is 11.8 Å². The number of hydrogen-bond acceptors (Lipinski definition) is 3. The highest BCUT2D eigenvalue weighted by molar-refractivity contribution is 5.90. The van der Waals surface area contributed by atoms with Gasteiger partial charge in [0, 0.05) is 31.9 Å². The molecule has 24 heavy (non-hydrogen) atoms. The minimum absolute atomic E-state index is 0.0343. The van der Waals surface area contributed by atoms with Crippen molar-refractivity contribution in [3.05, 3.63) is 65.5 Å². The molecular weight excluding hydrogens is 302 g/mol. The summed E-state index contributed by atoms with van der Waals surface area (Å²) in [5, 5.41) is 2.77. The second-order valence-corrected chi connectivity index (χ2v) is 6.14. The van der Waals surface area contributed by atoms with Crippen molar-refractivity contribution in [2.75, 3.05) is 0 Å². The van der Waals surface area contributed by atoms with Crippen molar-refractivity contribution in [2.45, 2.75) is 38.9 Å². The zero-order chi connectivity index (χ0) is 16.9. The van der Waals surface area contributed by atoms with Crippen molar-refractivity contribution in [2.24, 2.45) is 0 Å². The van der Waals surface area contributed by atoms with Crippen LogP contribution >= 0.6 is 0 Å². The first-order valence-corrected chi connectivity index (χ1v) is 8.15. The predicted molar refractivity (Wildman–Crippen MR) is 90.8 cm³/mol. The smallest absolute Gasteiger partial charge is 0.245 e. The van der Waals surface area contributed by atoms with Gasteiger partial charge < -0.3 is 10.2 Å². The first-order chi connectivity index (χ1) is 11.6. The Bertz CT molecular complexity index is 730. The second-order valence-electron chi connectivity index (χ2n) is 6.14. The summed E-state index contributed by atoms with van der Waals surface area (Å²) in [6, 6.07) is 11.4. The van der Waals surface area contributed by atoms with Gasteiger partial charge in [0.1, 0.15) is 6.04 Å². The molecule has 2 amide bonds. The molecule has 1 saturated heterocycles. The molecule has 2 aromatic rings. The van der Waals surface area contributed by atoms with E-state index in [4.69, 9.17) is 0 Å². The van der Waals surface area contributed by atoms with Crippen molar-refractivity contribution >= 4 is 11.8 Å². The first-order valence-electron chi connectivity index (χ1n) is 8.15. The molecule has 0 aliphatic carbocycles. The number of amides is 2. The van der Waals surface area contributed by atoms with E-state index >= 15 is 0 Å². The van der Waals surface area contributed by atoms with Crippen molar-refractivity contribution in [1.29, 1.82) is 0 Å². The van der Waals surface area contributed by atoms with Crippen LogP contribution in [0.5, 0.6) is 0 Å². The van der Waals surface area contributed by atoms with E-state index in [-0.39, 0.29) is 11.8 Å². The van der Waals surface area contributed by atoms with Gasteiger partial charge in [-0.25, -0.2) is 0 Å². The fraction of sp³-hybridized carbons (Fsp3) is 0.316. The van der Waals surface area contributed by atoms with Crippen LogP contribution in [-0.4, -0.2) is 27.7 Å². The Morgan fingerprint density at radius 2 is 2.08 bits per heavy atom. The molecule has 2 heterocycles. The van der Waals surface area contributed by atoms with Gasteiger partial charge in [-0.05, 0) is 36.1 Å². The third-order valence-electron chi connectivity index (χ3n) is 4.32. The molecule has 1 aromatic carbocycles. The van der Waals surface area contributed by atoms with Crippen LogP contribution in [-0.2, 0) is 22.7 Å². The minimum atomic E-state index is -0.418. The van der Waals surface area contributed by atoms with E-state index in [0.29, 0.717) is 25.9 Å². The topological polar surface area (TPSA) is 62.3 Å². The van der Waals surface area contributed by atoms with Gasteiger partial charge in [-0.1, -0.05) is 30.3 Å². The molecule has 0 bridgehead atoms. The van der Waals surface area contributed by atoms with Gasteiger partial charge >= 0.3 is 0 Å². The van der Waals surface area contributed by atoms with Crippen LogP contribution in [0, 0.1) is 6.92 Å². The number of nitrogens with zero attached hydrogens (tertiary/aromatic N) is 2. The zero-order valence-corrected chi connectivity index (χ0v) is 13.7. The summed E-state index contributed by atoms with van der Waals surface area (Å²) in [6.07, 6.45) is 4.47. The van der Waals surface area contributed by atoms with Crippen molar-refractivity contribution in [3.63, 3.8) is 0 Å². The summed E-state index contributed by atoms with van der Waals surface area (Å²) in [5.41, 5.74) is 3.24. The predicted octanol–water partition coefficient (Wildman–Crippen LogP) is 2.20. The molecule has 124 valence electrons. The summed E-state index contributed by atoms with van der Waals surface area (Å²) in [7, 11) is 0. The fourth-order valence-corrected chi connectivity index (χ4v) is 2.94.